The lowest BCUT2D eigenvalue weighted by molar-refractivity contribution is 0.171. The standard InChI is InChI=1S/C22H15N3O3S/c1-14-3-2-4-15(9-14)10-20-21(26)25(22(29-20)16(12-23)13-24)17-5-6-18-19(11-17)28-8-7-27-18/h2-6,9-11H,7-8H2,1H3. The molecule has 2 heterocycles. The van der Waals surface area contributed by atoms with Gasteiger partial charge >= 0.3 is 0 Å². The molecular formula is C22H15N3O3S. The van der Waals surface area contributed by atoms with Crippen molar-refractivity contribution in [2.75, 3.05) is 13.2 Å². The molecule has 0 spiro atoms. The lowest BCUT2D eigenvalue weighted by atomic mass is 10.1. The molecule has 6 nitrogen and oxygen atoms in total. The fourth-order valence-electron chi connectivity index (χ4n) is 3.09. The molecule has 0 radical (unpaired) electrons. The molecule has 0 amide bonds. The third-order valence-electron chi connectivity index (χ3n) is 4.38. The highest BCUT2D eigenvalue weighted by molar-refractivity contribution is 7.07. The van der Waals surface area contributed by atoms with Crippen molar-refractivity contribution >= 4 is 23.0 Å². The van der Waals surface area contributed by atoms with Crippen molar-refractivity contribution in [3.05, 3.63) is 73.1 Å². The minimum atomic E-state index is -0.300. The van der Waals surface area contributed by atoms with Crippen molar-refractivity contribution in [2.45, 2.75) is 6.92 Å². The molecule has 0 atom stereocenters. The van der Waals surface area contributed by atoms with E-state index in [1.807, 2.05) is 43.3 Å². The zero-order valence-electron chi connectivity index (χ0n) is 15.5. The van der Waals surface area contributed by atoms with Gasteiger partial charge in [0, 0.05) is 6.07 Å². The third kappa shape index (κ3) is 3.52. The van der Waals surface area contributed by atoms with Crippen LogP contribution >= 0.6 is 11.3 Å². The van der Waals surface area contributed by atoms with Gasteiger partial charge in [-0.15, -0.1) is 11.3 Å². The fourth-order valence-corrected chi connectivity index (χ4v) is 4.14. The molecule has 0 bridgehead atoms. The number of hydrogen-bond donors (Lipinski definition) is 0. The van der Waals surface area contributed by atoms with Crippen molar-refractivity contribution in [1.82, 2.24) is 4.57 Å². The molecule has 0 fully saturated rings. The highest BCUT2D eigenvalue weighted by Crippen LogP contribution is 2.31. The Morgan fingerprint density at radius 2 is 1.86 bits per heavy atom. The lowest BCUT2D eigenvalue weighted by Crippen LogP contribution is -2.30. The maximum atomic E-state index is 13.2. The van der Waals surface area contributed by atoms with E-state index in [0.717, 1.165) is 22.5 Å². The Balaban J connectivity index is 2.01. The Bertz CT molecular complexity index is 1350. The molecule has 7 heteroatoms. The summed E-state index contributed by atoms with van der Waals surface area (Å²) in [5.41, 5.74) is 2.04. The first-order valence-corrected chi connectivity index (χ1v) is 9.67. The maximum Gasteiger partial charge on any atom is 0.273 e. The van der Waals surface area contributed by atoms with Crippen LogP contribution in [0, 0.1) is 29.6 Å². The average Bonchev–Trinajstić information content (AvgIpc) is 3.04. The van der Waals surface area contributed by atoms with Gasteiger partial charge in [-0.3, -0.25) is 9.36 Å². The van der Waals surface area contributed by atoms with Crippen molar-refractivity contribution in [3.8, 4) is 29.3 Å². The SMILES string of the molecule is Cc1cccc(C=c2sc(=C(C#N)C#N)n(-c3ccc4c(c3)OCCO4)c2=O)c1. The van der Waals surface area contributed by atoms with E-state index in [0.29, 0.717) is 34.9 Å². The first-order chi connectivity index (χ1) is 14.1. The van der Waals surface area contributed by atoms with Gasteiger partial charge in [0.15, 0.2) is 17.1 Å². The molecule has 0 aliphatic carbocycles. The fraction of sp³-hybridized carbons (Fsp3) is 0.136. The van der Waals surface area contributed by atoms with Gasteiger partial charge in [-0.1, -0.05) is 29.8 Å². The summed E-state index contributed by atoms with van der Waals surface area (Å²) in [6.45, 7) is 2.86. The number of benzene rings is 2. The van der Waals surface area contributed by atoms with Gasteiger partial charge in [-0.25, -0.2) is 0 Å². The first-order valence-electron chi connectivity index (χ1n) is 8.85. The van der Waals surface area contributed by atoms with Crippen LogP contribution in [-0.4, -0.2) is 17.8 Å². The predicted octanol–water partition coefficient (Wildman–Crippen LogP) is 2.01. The number of thiazole rings is 1. The number of nitriles is 2. The van der Waals surface area contributed by atoms with E-state index in [1.54, 1.807) is 24.3 Å². The Labute approximate surface area is 170 Å². The Morgan fingerprint density at radius 1 is 1.10 bits per heavy atom. The summed E-state index contributed by atoms with van der Waals surface area (Å²) in [6, 6.07) is 16.7. The molecule has 0 N–H and O–H groups in total. The van der Waals surface area contributed by atoms with Crippen molar-refractivity contribution < 1.29 is 9.47 Å². The molecule has 29 heavy (non-hydrogen) atoms. The second kappa shape index (κ2) is 7.67. The van der Waals surface area contributed by atoms with E-state index in [9.17, 15) is 15.3 Å². The van der Waals surface area contributed by atoms with Gasteiger partial charge in [0.2, 0.25) is 0 Å². The van der Waals surface area contributed by atoms with E-state index in [1.165, 1.54) is 4.57 Å². The number of aryl methyl sites for hydroxylation is 1. The number of aromatic nitrogens is 1. The zero-order valence-corrected chi connectivity index (χ0v) is 16.3. The first kappa shape index (κ1) is 18.5. The van der Waals surface area contributed by atoms with Gasteiger partial charge < -0.3 is 9.47 Å². The van der Waals surface area contributed by atoms with Crippen LogP contribution in [0.1, 0.15) is 11.1 Å². The quantitative estimate of drug-likeness (QED) is 0.655. The van der Waals surface area contributed by atoms with Crippen LogP contribution in [0.15, 0.2) is 47.3 Å². The van der Waals surface area contributed by atoms with Crippen LogP contribution in [0.4, 0.5) is 0 Å². The largest absolute Gasteiger partial charge is 0.486 e. The van der Waals surface area contributed by atoms with Gasteiger partial charge in [-0.05, 0) is 30.7 Å². The molecular weight excluding hydrogens is 386 g/mol. The summed E-state index contributed by atoms with van der Waals surface area (Å²) in [6.07, 6.45) is 1.77. The zero-order chi connectivity index (χ0) is 20.4. The Hall–Kier alpha value is -3.81. The summed E-state index contributed by atoms with van der Waals surface area (Å²) >= 11 is 1.12. The highest BCUT2D eigenvalue weighted by Gasteiger charge is 2.16. The van der Waals surface area contributed by atoms with Crippen LogP contribution in [0.25, 0.3) is 17.3 Å². The molecule has 1 aromatic heterocycles. The van der Waals surface area contributed by atoms with Crippen LogP contribution in [0.2, 0.25) is 0 Å². The van der Waals surface area contributed by atoms with E-state index in [-0.39, 0.29) is 15.8 Å². The van der Waals surface area contributed by atoms with Crippen molar-refractivity contribution in [3.63, 3.8) is 0 Å². The smallest absolute Gasteiger partial charge is 0.273 e. The highest BCUT2D eigenvalue weighted by atomic mass is 32.1. The molecule has 2 aromatic carbocycles. The maximum absolute atomic E-state index is 13.2. The second-order valence-corrected chi connectivity index (χ2v) is 7.43. The van der Waals surface area contributed by atoms with E-state index >= 15 is 0 Å². The minimum absolute atomic E-state index is 0.120. The van der Waals surface area contributed by atoms with E-state index in [4.69, 9.17) is 9.47 Å². The van der Waals surface area contributed by atoms with Crippen molar-refractivity contribution in [2.24, 2.45) is 0 Å². The number of ether oxygens (including phenoxy) is 2. The Morgan fingerprint density at radius 3 is 2.59 bits per heavy atom. The molecule has 1 aliphatic heterocycles. The third-order valence-corrected chi connectivity index (χ3v) is 5.48. The van der Waals surface area contributed by atoms with Gasteiger partial charge in [-0.2, -0.15) is 10.5 Å². The molecule has 3 aromatic rings. The molecule has 0 saturated heterocycles. The normalized spacial score (nSPS) is 12.9. The summed E-state index contributed by atoms with van der Waals surface area (Å²) in [4.78, 5) is 13.2. The number of fused-ring (bicyclic) bond motifs is 1. The van der Waals surface area contributed by atoms with Crippen molar-refractivity contribution in [1.29, 1.82) is 10.5 Å². The minimum Gasteiger partial charge on any atom is -0.486 e. The molecule has 4 rings (SSSR count). The van der Waals surface area contributed by atoms with Crippen LogP contribution in [0.5, 0.6) is 11.5 Å². The molecule has 142 valence electrons. The predicted molar refractivity (Wildman–Crippen MR) is 110 cm³/mol. The molecule has 0 saturated carbocycles. The summed E-state index contributed by atoms with van der Waals surface area (Å²) in [5.74, 6) is 1.12. The Kier molecular flexibility index (Phi) is 4.90. The summed E-state index contributed by atoms with van der Waals surface area (Å²) in [7, 11) is 0. The van der Waals surface area contributed by atoms with Gasteiger partial charge in [0.05, 0.1) is 10.2 Å². The molecule has 0 unspecified atom stereocenters. The topological polar surface area (TPSA) is 88.0 Å². The lowest BCUT2D eigenvalue weighted by Gasteiger charge is -2.18. The summed E-state index contributed by atoms with van der Waals surface area (Å²) in [5, 5.41) is 18.8. The number of hydrogen-bond acceptors (Lipinski definition) is 6. The van der Waals surface area contributed by atoms with Crippen LogP contribution < -0.4 is 24.2 Å². The second-order valence-electron chi connectivity index (χ2n) is 6.40. The summed E-state index contributed by atoms with van der Waals surface area (Å²) < 4.78 is 13.2. The number of nitrogens with zero attached hydrogens (tertiary/aromatic N) is 3. The average molecular weight is 401 g/mol. The van der Waals surface area contributed by atoms with E-state index in [2.05, 4.69) is 0 Å². The monoisotopic (exact) mass is 401 g/mol. The molecule has 1 aliphatic rings. The van der Waals surface area contributed by atoms with Crippen LogP contribution in [-0.2, 0) is 0 Å². The number of rotatable bonds is 2. The van der Waals surface area contributed by atoms with Gasteiger partial charge in [0.1, 0.15) is 30.0 Å². The van der Waals surface area contributed by atoms with Gasteiger partial charge in [0.25, 0.3) is 5.56 Å². The van der Waals surface area contributed by atoms with E-state index < -0.39 is 0 Å². The van der Waals surface area contributed by atoms with Crippen LogP contribution in [0.3, 0.4) is 0 Å².